The van der Waals surface area contributed by atoms with Gasteiger partial charge < -0.3 is 11.1 Å². The Kier molecular flexibility index (Phi) is 3.85. The van der Waals surface area contributed by atoms with Crippen molar-refractivity contribution in [3.8, 4) is 0 Å². The molecular weight excluding hydrogens is 200 g/mol. The van der Waals surface area contributed by atoms with Crippen LogP contribution in [0.2, 0.25) is 0 Å². The van der Waals surface area contributed by atoms with E-state index in [1.54, 1.807) is 0 Å². The summed E-state index contributed by atoms with van der Waals surface area (Å²) in [7, 11) is 0. The van der Waals surface area contributed by atoms with E-state index in [-0.39, 0.29) is 11.3 Å². The molecule has 0 atom stereocenters. The molecule has 0 aliphatic heterocycles. The molecule has 3 heteroatoms. The summed E-state index contributed by atoms with van der Waals surface area (Å²) in [6.45, 7) is 0.812. The zero-order chi connectivity index (χ0) is 11.4. The van der Waals surface area contributed by atoms with Gasteiger partial charge in [-0.25, -0.2) is 0 Å². The summed E-state index contributed by atoms with van der Waals surface area (Å²) in [5, 5.41) is 3.58. The third-order valence-corrected chi connectivity index (χ3v) is 4.42. The molecule has 0 aromatic heterocycles. The van der Waals surface area contributed by atoms with Crippen molar-refractivity contribution in [3.63, 3.8) is 0 Å². The van der Waals surface area contributed by atoms with Crippen LogP contribution in [-0.4, -0.2) is 18.5 Å². The summed E-state index contributed by atoms with van der Waals surface area (Å²) in [6.07, 6.45) is 10.9. The molecule has 0 spiro atoms. The molecule has 0 heterocycles. The van der Waals surface area contributed by atoms with E-state index in [1.807, 2.05) is 0 Å². The predicted molar refractivity (Wildman–Crippen MR) is 65.0 cm³/mol. The number of hydrogen-bond acceptors (Lipinski definition) is 2. The van der Waals surface area contributed by atoms with Crippen molar-refractivity contribution in [2.75, 3.05) is 6.54 Å². The molecule has 2 rings (SSSR count). The Balaban J connectivity index is 1.84. The van der Waals surface area contributed by atoms with E-state index < -0.39 is 0 Å². The molecular formula is C13H24N2O. The van der Waals surface area contributed by atoms with Crippen molar-refractivity contribution < 1.29 is 4.79 Å². The summed E-state index contributed by atoms with van der Waals surface area (Å²) < 4.78 is 0. The highest BCUT2D eigenvalue weighted by molar-refractivity contribution is 5.81. The highest BCUT2D eigenvalue weighted by atomic mass is 16.1. The Hall–Kier alpha value is -0.570. The van der Waals surface area contributed by atoms with Gasteiger partial charge in [-0.1, -0.05) is 32.1 Å². The molecule has 16 heavy (non-hydrogen) atoms. The molecule has 0 radical (unpaired) electrons. The summed E-state index contributed by atoms with van der Waals surface area (Å²) in [5.74, 6) is -0.0895. The summed E-state index contributed by atoms with van der Waals surface area (Å²) in [5.41, 5.74) is 5.34. The van der Waals surface area contributed by atoms with Gasteiger partial charge >= 0.3 is 0 Å². The first-order valence-corrected chi connectivity index (χ1v) is 6.76. The zero-order valence-electron chi connectivity index (χ0n) is 10.1. The normalized spacial score (nSPS) is 25.8. The van der Waals surface area contributed by atoms with Crippen molar-refractivity contribution in [2.24, 2.45) is 11.1 Å². The lowest BCUT2D eigenvalue weighted by atomic mass is 9.84. The number of amides is 1. The van der Waals surface area contributed by atoms with Crippen LogP contribution in [0.4, 0.5) is 0 Å². The van der Waals surface area contributed by atoms with Gasteiger partial charge in [0.15, 0.2) is 0 Å². The summed E-state index contributed by atoms with van der Waals surface area (Å²) in [4.78, 5) is 11.6. The molecule has 92 valence electrons. The van der Waals surface area contributed by atoms with Crippen molar-refractivity contribution in [3.05, 3.63) is 0 Å². The fourth-order valence-corrected chi connectivity index (χ4v) is 3.21. The number of rotatable bonds is 4. The molecule has 2 saturated carbocycles. The van der Waals surface area contributed by atoms with Crippen LogP contribution < -0.4 is 11.1 Å². The molecule has 0 saturated heterocycles. The lowest BCUT2D eigenvalue weighted by Gasteiger charge is -2.30. The fourth-order valence-electron chi connectivity index (χ4n) is 3.21. The van der Waals surface area contributed by atoms with Crippen LogP contribution in [0.3, 0.4) is 0 Å². The average molecular weight is 224 g/mol. The first-order valence-electron chi connectivity index (χ1n) is 6.76. The predicted octanol–water partition coefficient (Wildman–Crippen LogP) is 1.95. The molecule has 0 unspecified atom stereocenters. The number of hydrogen-bond donors (Lipinski definition) is 2. The maximum absolute atomic E-state index is 11.6. The molecule has 3 nitrogen and oxygen atoms in total. The Morgan fingerprint density at radius 3 is 2.31 bits per heavy atom. The number of nitrogens with two attached hydrogens (primary N) is 1. The maximum Gasteiger partial charge on any atom is 0.224 e. The Labute approximate surface area is 98.2 Å². The van der Waals surface area contributed by atoms with E-state index in [0.717, 1.165) is 32.2 Å². The molecule has 0 bridgehead atoms. The van der Waals surface area contributed by atoms with Crippen LogP contribution in [0.15, 0.2) is 0 Å². The minimum absolute atomic E-state index is 0.0895. The molecule has 2 aliphatic rings. The average Bonchev–Trinajstić information content (AvgIpc) is 2.78. The number of carbonyl (C=O) groups is 1. The second-order valence-corrected chi connectivity index (χ2v) is 5.57. The lowest BCUT2D eigenvalue weighted by molar-refractivity contribution is -0.127. The molecule has 0 aromatic rings. The van der Waals surface area contributed by atoms with Gasteiger partial charge in [-0.05, 0) is 25.7 Å². The molecule has 1 amide bonds. The van der Waals surface area contributed by atoms with Crippen LogP contribution in [0, 0.1) is 5.41 Å². The number of primary amides is 1. The largest absolute Gasteiger partial charge is 0.369 e. The Morgan fingerprint density at radius 1 is 1.12 bits per heavy atom. The SMILES string of the molecule is NC(=O)C1(CNC2CCCCC2)CCCC1. The van der Waals surface area contributed by atoms with Gasteiger partial charge in [-0.3, -0.25) is 4.79 Å². The first kappa shape index (κ1) is 11.9. The molecule has 2 aliphatic carbocycles. The third kappa shape index (κ3) is 2.57. The van der Waals surface area contributed by atoms with Crippen molar-refractivity contribution in [1.82, 2.24) is 5.32 Å². The Bertz CT molecular complexity index is 240. The molecule has 0 aromatic carbocycles. The van der Waals surface area contributed by atoms with Crippen LogP contribution in [-0.2, 0) is 4.79 Å². The first-order chi connectivity index (χ1) is 7.73. The number of nitrogens with one attached hydrogen (secondary N) is 1. The maximum atomic E-state index is 11.6. The smallest absolute Gasteiger partial charge is 0.224 e. The minimum atomic E-state index is -0.225. The molecule has 2 fully saturated rings. The zero-order valence-corrected chi connectivity index (χ0v) is 10.1. The standard InChI is InChI=1S/C13H24N2O/c14-12(16)13(8-4-5-9-13)10-15-11-6-2-1-3-7-11/h11,15H,1-10H2,(H2,14,16). The number of carbonyl (C=O) groups excluding carboxylic acids is 1. The van der Waals surface area contributed by atoms with E-state index in [9.17, 15) is 4.79 Å². The second kappa shape index (κ2) is 5.17. The van der Waals surface area contributed by atoms with Crippen molar-refractivity contribution in [2.45, 2.75) is 63.8 Å². The van der Waals surface area contributed by atoms with Crippen molar-refractivity contribution in [1.29, 1.82) is 0 Å². The van der Waals surface area contributed by atoms with Crippen LogP contribution in [0.1, 0.15) is 57.8 Å². The monoisotopic (exact) mass is 224 g/mol. The van der Waals surface area contributed by atoms with Gasteiger partial charge in [0.25, 0.3) is 0 Å². The van der Waals surface area contributed by atoms with E-state index in [4.69, 9.17) is 5.73 Å². The van der Waals surface area contributed by atoms with Gasteiger partial charge in [-0.2, -0.15) is 0 Å². The van der Waals surface area contributed by atoms with E-state index in [0.29, 0.717) is 6.04 Å². The van der Waals surface area contributed by atoms with Gasteiger partial charge in [0.1, 0.15) is 0 Å². The fraction of sp³-hybridized carbons (Fsp3) is 0.923. The van der Waals surface area contributed by atoms with Crippen LogP contribution >= 0.6 is 0 Å². The van der Waals surface area contributed by atoms with Gasteiger partial charge in [-0.15, -0.1) is 0 Å². The highest BCUT2D eigenvalue weighted by Crippen LogP contribution is 2.37. The van der Waals surface area contributed by atoms with E-state index in [2.05, 4.69) is 5.32 Å². The van der Waals surface area contributed by atoms with Crippen LogP contribution in [0.5, 0.6) is 0 Å². The van der Waals surface area contributed by atoms with E-state index in [1.165, 1.54) is 32.1 Å². The van der Waals surface area contributed by atoms with Crippen LogP contribution in [0.25, 0.3) is 0 Å². The Morgan fingerprint density at radius 2 is 1.75 bits per heavy atom. The quantitative estimate of drug-likeness (QED) is 0.767. The lowest BCUT2D eigenvalue weighted by Crippen LogP contribution is -2.46. The molecule has 3 N–H and O–H groups in total. The summed E-state index contributed by atoms with van der Waals surface area (Å²) in [6, 6.07) is 0.630. The summed E-state index contributed by atoms with van der Waals surface area (Å²) >= 11 is 0. The van der Waals surface area contributed by atoms with Gasteiger partial charge in [0.05, 0.1) is 5.41 Å². The van der Waals surface area contributed by atoms with Gasteiger partial charge in [0.2, 0.25) is 5.91 Å². The highest BCUT2D eigenvalue weighted by Gasteiger charge is 2.39. The minimum Gasteiger partial charge on any atom is -0.369 e. The van der Waals surface area contributed by atoms with Gasteiger partial charge in [0, 0.05) is 12.6 Å². The second-order valence-electron chi connectivity index (χ2n) is 5.57. The van der Waals surface area contributed by atoms with Crippen molar-refractivity contribution >= 4 is 5.91 Å². The third-order valence-electron chi connectivity index (χ3n) is 4.42. The topological polar surface area (TPSA) is 55.1 Å². The van der Waals surface area contributed by atoms with E-state index >= 15 is 0 Å².